The van der Waals surface area contributed by atoms with Gasteiger partial charge in [0.05, 0.1) is 5.41 Å². The molecule has 0 radical (unpaired) electrons. The molecule has 0 fully saturated rings. The van der Waals surface area contributed by atoms with E-state index < -0.39 is 5.41 Å². The van der Waals surface area contributed by atoms with Gasteiger partial charge in [-0.15, -0.1) is 0 Å². The lowest BCUT2D eigenvalue weighted by Gasteiger charge is -2.35. The van der Waals surface area contributed by atoms with Gasteiger partial charge in [-0.05, 0) is 18.8 Å². The molecule has 3 heteroatoms. The minimum Gasteiger partial charge on any atom is -0.459 e. The van der Waals surface area contributed by atoms with Crippen molar-refractivity contribution < 1.29 is 15.3 Å². The molecule has 0 unspecified atom stereocenters. The summed E-state index contributed by atoms with van der Waals surface area (Å²) < 4.78 is 5.54. The molecule has 0 aliphatic heterocycles. The Morgan fingerprint density at radius 2 is 1.65 bits per heavy atom. The highest BCUT2D eigenvalue weighted by molar-refractivity contribution is 5.77. The second-order valence-electron chi connectivity index (χ2n) is 6.30. The lowest BCUT2D eigenvalue weighted by Crippen LogP contribution is -2.56. The molecule has 0 saturated carbocycles. The Hall–Kier alpha value is -1.35. The number of hydrogen-bond donors (Lipinski definition) is 1. The fraction of sp³-hybridized carbons (Fsp3) is 0.588. The summed E-state index contributed by atoms with van der Waals surface area (Å²) in [5.41, 5.74) is 4.72. The second kappa shape index (κ2) is 6.89. The number of carbonyl (C=O) groups is 1. The Bertz CT molecular complexity index is 418. The quantitative estimate of drug-likeness (QED) is 0.813. The van der Waals surface area contributed by atoms with Gasteiger partial charge in [-0.25, -0.2) is 0 Å². The lowest BCUT2D eigenvalue weighted by atomic mass is 9.70. The number of rotatable bonds is 6. The molecule has 0 heterocycles. The van der Waals surface area contributed by atoms with Crippen LogP contribution in [0.25, 0.3) is 0 Å². The van der Waals surface area contributed by atoms with Crippen molar-refractivity contribution in [3.05, 3.63) is 35.9 Å². The van der Waals surface area contributed by atoms with Crippen LogP contribution in [0.1, 0.15) is 46.2 Å². The summed E-state index contributed by atoms with van der Waals surface area (Å²) in [6.07, 6.45) is 0. The van der Waals surface area contributed by atoms with Crippen molar-refractivity contribution in [2.45, 2.75) is 40.7 Å². The molecule has 3 N–H and O–H groups in total. The van der Waals surface area contributed by atoms with Crippen molar-refractivity contribution in [1.29, 1.82) is 0 Å². The van der Waals surface area contributed by atoms with Crippen molar-refractivity contribution in [1.82, 2.24) is 0 Å². The Kier molecular flexibility index (Phi) is 5.75. The molecule has 0 spiro atoms. The van der Waals surface area contributed by atoms with Crippen LogP contribution in [0.5, 0.6) is 0 Å². The summed E-state index contributed by atoms with van der Waals surface area (Å²) in [6, 6.07) is 9.91. The summed E-state index contributed by atoms with van der Waals surface area (Å²) in [7, 11) is 0. The molecule has 20 heavy (non-hydrogen) atoms. The van der Waals surface area contributed by atoms with Gasteiger partial charge in [-0.3, -0.25) is 4.79 Å². The van der Waals surface area contributed by atoms with Crippen LogP contribution in [0.4, 0.5) is 0 Å². The van der Waals surface area contributed by atoms with Crippen molar-refractivity contribution in [3.63, 3.8) is 0 Å². The third kappa shape index (κ3) is 3.60. The molecule has 112 valence electrons. The Morgan fingerprint density at radius 1 is 1.15 bits per heavy atom. The van der Waals surface area contributed by atoms with E-state index >= 15 is 0 Å². The number of esters is 1. The fourth-order valence-corrected chi connectivity index (χ4v) is 2.29. The minimum atomic E-state index is -0.448. The molecule has 0 aliphatic rings. The second-order valence-corrected chi connectivity index (χ2v) is 6.30. The molecule has 0 aliphatic carbocycles. The predicted octanol–water partition coefficient (Wildman–Crippen LogP) is 2.83. The fourth-order valence-electron chi connectivity index (χ4n) is 2.29. The van der Waals surface area contributed by atoms with Gasteiger partial charge < -0.3 is 10.5 Å². The minimum absolute atomic E-state index is 0.0243. The van der Waals surface area contributed by atoms with Crippen molar-refractivity contribution >= 4 is 5.97 Å². The Morgan fingerprint density at radius 3 is 2.10 bits per heavy atom. The smallest absolute Gasteiger partial charge is 0.312 e. The standard InChI is InChI=1S/C17H27NO2/c1-12(2)17(5,13(3)4)16(19)20-11-15(18)14-9-7-6-8-10-14/h6-10,12-13,15H,11,18H2,1-5H3/p+1/t15-/m1/s1. The van der Waals surface area contributed by atoms with E-state index in [1.54, 1.807) is 0 Å². The number of benzene rings is 1. The van der Waals surface area contributed by atoms with Crippen LogP contribution in [-0.2, 0) is 9.53 Å². The third-order valence-corrected chi connectivity index (χ3v) is 4.53. The van der Waals surface area contributed by atoms with Crippen molar-refractivity contribution in [2.75, 3.05) is 6.61 Å². The van der Waals surface area contributed by atoms with Crippen molar-refractivity contribution in [2.24, 2.45) is 17.3 Å². The van der Waals surface area contributed by atoms with E-state index in [1.807, 2.05) is 37.3 Å². The zero-order chi connectivity index (χ0) is 15.3. The molecule has 0 saturated heterocycles. The van der Waals surface area contributed by atoms with Gasteiger partial charge in [0.15, 0.2) is 0 Å². The zero-order valence-corrected chi connectivity index (χ0v) is 13.3. The van der Waals surface area contributed by atoms with Crippen LogP contribution in [0.3, 0.4) is 0 Å². The first kappa shape index (κ1) is 16.7. The van der Waals surface area contributed by atoms with E-state index in [4.69, 9.17) is 4.74 Å². The number of ether oxygens (including phenoxy) is 1. The van der Waals surface area contributed by atoms with E-state index in [2.05, 4.69) is 33.4 Å². The van der Waals surface area contributed by atoms with Gasteiger partial charge in [0.1, 0.15) is 12.6 Å². The predicted molar refractivity (Wildman–Crippen MR) is 80.8 cm³/mol. The van der Waals surface area contributed by atoms with Gasteiger partial charge in [0, 0.05) is 5.56 Å². The SMILES string of the molecule is CC(C)C(C)(C(=O)OC[C@@H]([NH3+])c1ccccc1)C(C)C. The number of hydrogen-bond acceptors (Lipinski definition) is 2. The van der Waals surface area contributed by atoms with Crippen LogP contribution in [0, 0.1) is 17.3 Å². The molecular formula is C17H28NO2+. The van der Waals surface area contributed by atoms with Crippen LogP contribution >= 0.6 is 0 Å². The Balaban J connectivity index is 2.67. The lowest BCUT2D eigenvalue weighted by molar-refractivity contribution is -0.432. The summed E-state index contributed by atoms with van der Waals surface area (Å²) in [5.74, 6) is 0.372. The third-order valence-electron chi connectivity index (χ3n) is 4.53. The first-order valence-electron chi connectivity index (χ1n) is 7.35. The molecule has 0 bridgehead atoms. The topological polar surface area (TPSA) is 53.9 Å². The highest BCUT2D eigenvalue weighted by Gasteiger charge is 2.41. The van der Waals surface area contributed by atoms with Gasteiger partial charge >= 0.3 is 5.97 Å². The average Bonchev–Trinajstić information content (AvgIpc) is 2.43. The molecule has 3 nitrogen and oxygen atoms in total. The van der Waals surface area contributed by atoms with Crippen LogP contribution < -0.4 is 5.73 Å². The highest BCUT2D eigenvalue weighted by Crippen LogP contribution is 2.36. The van der Waals surface area contributed by atoms with E-state index in [0.717, 1.165) is 5.56 Å². The van der Waals surface area contributed by atoms with E-state index in [0.29, 0.717) is 6.61 Å². The number of quaternary nitrogens is 1. The molecule has 1 aromatic carbocycles. The van der Waals surface area contributed by atoms with E-state index in [9.17, 15) is 4.79 Å². The van der Waals surface area contributed by atoms with Crippen LogP contribution in [0.2, 0.25) is 0 Å². The molecule has 0 aromatic heterocycles. The molecular weight excluding hydrogens is 250 g/mol. The molecule has 1 aromatic rings. The highest BCUT2D eigenvalue weighted by atomic mass is 16.5. The van der Waals surface area contributed by atoms with Gasteiger partial charge in [-0.2, -0.15) is 0 Å². The summed E-state index contributed by atoms with van der Waals surface area (Å²) in [6.45, 7) is 10.6. The zero-order valence-electron chi connectivity index (χ0n) is 13.3. The maximum atomic E-state index is 12.4. The van der Waals surface area contributed by atoms with Crippen molar-refractivity contribution in [3.8, 4) is 0 Å². The monoisotopic (exact) mass is 278 g/mol. The van der Waals surface area contributed by atoms with Crippen LogP contribution in [0.15, 0.2) is 30.3 Å². The molecule has 1 atom stereocenters. The van der Waals surface area contributed by atoms with E-state index in [-0.39, 0.29) is 23.8 Å². The van der Waals surface area contributed by atoms with Gasteiger partial charge in [0.25, 0.3) is 0 Å². The first-order valence-corrected chi connectivity index (χ1v) is 7.35. The van der Waals surface area contributed by atoms with Crippen LogP contribution in [-0.4, -0.2) is 12.6 Å². The van der Waals surface area contributed by atoms with E-state index in [1.165, 1.54) is 0 Å². The van der Waals surface area contributed by atoms with Gasteiger partial charge in [-0.1, -0.05) is 58.0 Å². The summed E-state index contributed by atoms with van der Waals surface area (Å²) in [5, 5.41) is 0. The maximum Gasteiger partial charge on any atom is 0.312 e. The first-order chi connectivity index (χ1) is 9.30. The van der Waals surface area contributed by atoms with Gasteiger partial charge in [0.2, 0.25) is 0 Å². The normalized spacial score (nSPS) is 13.6. The molecule has 0 amide bonds. The summed E-state index contributed by atoms with van der Waals surface area (Å²) in [4.78, 5) is 12.4. The average molecular weight is 278 g/mol. The largest absolute Gasteiger partial charge is 0.459 e. The summed E-state index contributed by atoms with van der Waals surface area (Å²) >= 11 is 0. The maximum absolute atomic E-state index is 12.4. The Labute approximate surface area is 122 Å². The number of carbonyl (C=O) groups excluding carboxylic acids is 1. The molecule has 1 rings (SSSR count).